The van der Waals surface area contributed by atoms with Gasteiger partial charge in [0.25, 0.3) is 6.29 Å². The van der Waals surface area contributed by atoms with Crippen LogP contribution in [0.25, 0.3) is 0 Å². The summed E-state index contributed by atoms with van der Waals surface area (Å²) in [5, 5.41) is 9.70. The van der Waals surface area contributed by atoms with Crippen LogP contribution in [0.4, 0.5) is 0 Å². The van der Waals surface area contributed by atoms with Gasteiger partial charge in [-0.1, -0.05) is 223 Å². The third-order valence-electron chi connectivity index (χ3n) is 12.0. The van der Waals surface area contributed by atoms with Gasteiger partial charge in [-0.2, -0.15) is 0 Å². The Hall–Kier alpha value is -5.35. The molecule has 0 fully saturated rings. The number of carbonyl (C=O) groups is 3. The highest BCUT2D eigenvalue weighted by Gasteiger charge is 2.25. The molecular formula is C70H110NO8+. The number of rotatable bonds is 53. The van der Waals surface area contributed by atoms with E-state index >= 15 is 0 Å². The molecule has 9 heteroatoms. The highest BCUT2D eigenvalue weighted by Crippen LogP contribution is 2.13. The number of hydrogen-bond acceptors (Lipinski definition) is 7. The molecule has 0 rings (SSSR count). The maximum absolute atomic E-state index is 12.9. The molecule has 442 valence electrons. The first-order valence-electron chi connectivity index (χ1n) is 30.3. The number of carboxylic acid groups (broad SMARTS) is 1. The largest absolute Gasteiger partial charge is 0.477 e. The van der Waals surface area contributed by atoms with E-state index in [2.05, 4.69) is 184 Å². The van der Waals surface area contributed by atoms with Gasteiger partial charge in [0.1, 0.15) is 13.2 Å². The van der Waals surface area contributed by atoms with Crippen molar-refractivity contribution in [3.63, 3.8) is 0 Å². The second-order valence-corrected chi connectivity index (χ2v) is 20.5. The molecule has 0 aliphatic heterocycles. The highest BCUT2D eigenvalue weighted by atomic mass is 16.7. The van der Waals surface area contributed by atoms with Gasteiger partial charge in [-0.05, 0) is 128 Å². The first-order chi connectivity index (χ1) is 38.6. The van der Waals surface area contributed by atoms with Crippen molar-refractivity contribution in [1.82, 2.24) is 0 Å². The molecule has 0 aliphatic rings. The first kappa shape index (κ1) is 73.7. The maximum atomic E-state index is 12.9. The van der Waals surface area contributed by atoms with Crippen molar-refractivity contribution in [3.05, 3.63) is 170 Å². The van der Waals surface area contributed by atoms with Crippen LogP contribution in [0.2, 0.25) is 0 Å². The van der Waals surface area contributed by atoms with Crippen molar-refractivity contribution < 1.29 is 42.9 Å². The summed E-state index contributed by atoms with van der Waals surface area (Å²) in [7, 11) is 5.94. The van der Waals surface area contributed by atoms with Gasteiger partial charge in [0.2, 0.25) is 0 Å². The molecular weight excluding hydrogens is 983 g/mol. The van der Waals surface area contributed by atoms with Crippen molar-refractivity contribution in [2.75, 3.05) is 47.5 Å². The summed E-state index contributed by atoms with van der Waals surface area (Å²) in [4.78, 5) is 37.4. The summed E-state index contributed by atoms with van der Waals surface area (Å²) in [6.45, 7) is 4.57. The summed E-state index contributed by atoms with van der Waals surface area (Å²) < 4.78 is 22.8. The van der Waals surface area contributed by atoms with E-state index in [1.54, 1.807) is 0 Å². The van der Waals surface area contributed by atoms with Crippen LogP contribution in [0.5, 0.6) is 0 Å². The van der Waals surface area contributed by atoms with Gasteiger partial charge in [0.05, 0.1) is 34.4 Å². The Labute approximate surface area is 482 Å². The lowest BCUT2D eigenvalue weighted by molar-refractivity contribution is -0.870. The minimum atomic E-state index is -1.53. The third kappa shape index (κ3) is 60.1. The molecule has 9 nitrogen and oxygen atoms in total. The molecule has 0 radical (unpaired) electrons. The van der Waals surface area contributed by atoms with Crippen LogP contribution in [0.1, 0.15) is 194 Å². The van der Waals surface area contributed by atoms with Crippen LogP contribution in [-0.4, -0.2) is 87.4 Å². The SMILES string of the molecule is CC/C=C\C/C=C\C/C=C\C/C=C\C/C=C\C/C=C\C/C=C\C/C=C\C/C=C\C/C=C\C/C=C\CCCCCC(=O)OC(COC(=O)CCCCCCCCC/C=C\C/C=C\C/C=C\CC)COC(OCC[N+](C)(C)C)C(=O)O. The van der Waals surface area contributed by atoms with E-state index in [1.807, 2.05) is 21.1 Å². The monoisotopic (exact) mass is 1090 g/mol. The van der Waals surface area contributed by atoms with Crippen LogP contribution in [0.3, 0.4) is 0 Å². The second kappa shape index (κ2) is 58.8. The molecule has 0 aliphatic carbocycles. The Bertz CT molecular complexity index is 1900. The molecule has 0 aromatic carbocycles. The fourth-order valence-corrected chi connectivity index (χ4v) is 7.38. The molecule has 0 saturated carbocycles. The number of likely N-dealkylation sites (N-methyl/N-ethyl adjacent to an activating group) is 1. The molecule has 0 heterocycles. The van der Waals surface area contributed by atoms with Crippen molar-refractivity contribution in [2.45, 2.75) is 206 Å². The minimum Gasteiger partial charge on any atom is -0.477 e. The number of quaternary nitrogens is 1. The minimum absolute atomic E-state index is 0.169. The molecule has 0 saturated heterocycles. The summed E-state index contributed by atoms with van der Waals surface area (Å²) >= 11 is 0. The van der Waals surface area contributed by atoms with E-state index < -0.39 is 24.3 Å². The number of carbonyl (C=O) groups excluding carboxylic acids is 2. The molecule has 1 N–H and O–H groups in total. The molecule has 0 aromatic rings. The number of esters is 2. The zero-order chi connectivity index (χ0) is 57.6. The second-order valence-electron chi connectivity index (χ2n) is 20.5. The Morgan fingerprint density at radius 3 is 1.03 bits per heavy atom. The fourth-order valence-electron chi connectivity index (χ4n) is 7.38. The third-order valence-corrected chi connectivity index (χ3v) is 12.0. The first-order valence-corrected chi connectivity index (χ1v) is 30.3. The zero-order valence-electron chi connectivity index (χ0n) is 50.2. The molecule has 2 unspecified atom stereocenters. The molecule has 0 amide bonds. The Kier molecular flexibility index (Phi) is 54.8. The van der Waals surface area contributed by atoms with Gasteiger partial charge < -0.3 is 28.5 Å². The van der Waals surface area contributed by atoms with E-state index in [9.17, 15) is 19.5 Å². The number of aliphatic carboxylic acids is 1. The predicted octanol–water partition coefficient (Wildman–Crippen LogP) is 18.3. The predicted molar refractivity (Wildman–Crippen MR) is 336 cm³/mol. The average molecular weight is 1090 g/mol. The van der Waals surface area contributed by atoms with E-state index in [-0.39, 0.29) is 38.6 Å². The van der Waals surface area contributed by atoms with Crippen molar-refractivity contribution in [2.24, 2.45) is 0 Å². The van der Waals surface area contributed by atoms with Crippen molar-refractivity contribution in [1.29, 1.82) is 0 Å². The number of ether oxygens (including phenoxy) is 4. The maximum Gasteiger partial charge on any atom is 0.361 e. The Balaban J connectivity index is 4.33. The number of unbranched alkanes of at least 4 members (excludes halogenated alkanes) is 10. The van der Waals surface area contributed by atoms with Crippen LogP contribution >= 0.6 is 0 Å². The quantitative estimate of drug-likeness (QED) is 0.0211. The average Bonchev–Trinajstić information content (AvgIpc) is 3.42. The summed E-state index contributed by atoms with van der Waals surface area (Å²) in [5.41, 5.74) is 0. The Morgan fingerprint density at radius 2 is 0.684 bits per heavy atom. The number of allylic oxidation sites excluding steroid dienone is 28. The number of nitrogens with zero attached hydrogens (tertiary/aromatic N) is 1. The van der Waals surface area contributed by atoms with Gasteiger partial charge in [-0.3, -0.25) is 9.59 Å². The van der Waals surface area contributed by atoms with Gasteiger partial charge in [0, 0.05) is 12.8 Å². The Morgan fingerprint density at radius 1 is 0.380 bits per heavy atom. The molecule has 0 spiro atoms. The molecule has 0 bridgehead atoms. The summed E-state index contributed by atoms with van der Waals surface area (Å²) in [6.07, 6.45) is 85.8. The lowest BCUT2D eigenvalue weighted by Gasteiger charge is -2.25. The van der Waals surface area contributed by atoms with E-state index in [4.69, 9.17) is 18.9 Å². The number of hydrogen-bond donors (Lipinski definition) is 1. The van der Waals surface area contributed by atoms with Gasteiger partial charge in [0.15, 0.2) is 6.10 Å². The molecule has 2 atom stereocenters. The zero-order valence-corrected chi connectivity index (χ0v) is 50.2. The summed E-state index contributed by atoms with van der Waals surface area (Å²) in [6, 6.07) is 0. The normalized spacial score (nSPS) is 14.0. The van der Waals surface area contributed by atoms with Gasteiger partial charge in [-0.25, -0.2) is 4.79 Å². The van der Waals surface area contributed by atoms with Crippen LogP contribution in [0.15, 0.2) is 170 Å². The van der Waals surface area contributed by atoms with Gasteiger partial charge >= 0.3 is 17.9 Å². The summed E-state index contributed by atoms with van der Waals surface area (Å²) in [5.74, 6) is -2.09. The standard InChI is InChI=1S/C70H109NO8/c1-6-8-10-12-14-16-18-20-22-24-25-26-27-28-29-30-31-32-33-34-35-36-37-38-39-40-41-42-43-45-47-49-51-53-55-57-59-61-68(73)79-66(65-78-70(69(74)75)76-63-62-71(3,4)5)64-77-67(72)60-58-56-54-52-50-48-46-44-23-21-19-17-15-13-11-9-7-2/h8-11,14-17,20-23,25-26,28-29,31-32,34-35,37-38,40-41,43,45,49,51,66,70H,6-7,12-13,18-19,24,27,30,33,36,39,42,44,46-48,50,52-65H2,1-5H3/p+1/b10-8-,11-9-,16-14-,17-15-,22-20-,23-21-,26-25-,29-28-,32-31-,35-34-,38-37-,41-40-,45-43-,51-49-. The number of carboxylic acids is 1. The topological polar surface area (TPSA) is 108 Å². The van der Waals surface area contributed by atoms with Gasteiger partial charge in [-0.15, -0.1) is 0 Å². The van der Waals surface area contributed by atoms with Crippen LogP contribution in [-0.2, 0) is 33.3 Å². The fraction of sp³-hybridized carbons (Fsp3) is 0.557. The molecule has 0 aromatic heterocycles. The lowest BCUT2D eigenvalue weighted by Crippen LogP contribution is -2.40. The van der Waals surface area contributed by atoms with E-state index in [0.717, 1.165) is 141 Å². The van der Waals surface area contributed by atoms with Crippen LogP contribution in [0, 0.1) is 0 Å². The van der Waals surface area contributed by atoms with Crippen LogP contribution < -0.4 is 0 Å². The lowest BCUT2D eigenvalue weighted by atomic mass is 10.1. The van der Waals surface area contributed by atoms with E-state index in [0.29, 0.717) is 17.4 Å². The van der Waals surface area contributed by atoms with E-state index in [1.165, 1.54) is 19.3 Å². The van der Waals surface area contributed by atoms with Crippen molar-refractivity contribution in [3.8, 4) is 0 Å². The smallest absolute Gasteiger partial charge is 0.361 e. The molecule has 79 heavy (non-hydrogen) atoms. The van der Waals surface area contributed by atoms with Crippen molar-refractivity contribution >= 4 is 17.9 Å². The highest BCUT2D eigenvalue weighted by molar-refractivity contribution is 5.71.